The third kappa shape index (κ3) is 4.62. The van der Waals surface area contributed by atoms with E-state index < -0.39 is 0 Å². The van der Waals surface area contributed by atoms with Crippen molar-refractivity contribution < 1.29 is 8.81 Å². The lowest BCUT2D eigenvalue weighted by atomic mass is 10.2. The highest BCUT2D eigenvalue weighted by molar-refractivity contribution is 5.23. The molecule has 2 N–H and O–H groups in total. The van der Waals surface area contributed by atoms with Crippen LogP contribution < -0.4 is 10.6 Å². The summed E-state index contributed by atoms with van der Waals surface area (Å²) in [7, 11) is 0. The summed E-state index contributed by atoms with van der Waals surface area (Å²) in [5, 5.41) is 14.1. The van der Waals surface area contributed by atoms with E-state index in [0.717, 1.165) is 12.1 Å². The zero-order chi connectivity index (χ0) is 14.4. The zero-order valence-corrected chi connectivity index (χ0v) is 11.7. The van der Waals surface area contributed by atoms with Crippen LogP contribution in [-0.2, 0) is 13.1 Å². The van der Waals surface area contributed by atoms with Crippen molar-refractivity contribution in [3.63, 3.8) is 0 Å². The minimum absolute atomic E-state index is 0.245. The van der Waals surface area contributed by atoms with E-state index in [2.05, 4.69) is 34.7 Å². The summed E-state index contributed by atoms with van der Waals surface area (Å²) in [6.07, 6.45) is 0. The molecule has 0 unspecified atom stereocenters. The summed E-state index contributed by atoms with van der Waals surface area (Å²) >= 11 is 0. The van der Waals surface area contributed by atoms with Gasteiger partial charge in [-0.3, -0.25) is 0 Å². The molecule has 0 fully saturated rings. The van der Waals surface area contributed by atoms with Crippen LogP contribution in [0.1, 0.15) is 25.3 Å². The Bertz CT molecular complexity index is 524. The Morgan fingerprint density at radius 3 is 2.60 bits per heavy atom. The number of hydrogen-bond donors (Lipinski definition) is 2. The molecule has 1 heterocycles. The largest absolute Gasteiger partial charge is 0.407 e. The van der Waals surface area contributed by atoms with E-state index in [1.165, 1.54) is 12.1 Å². The molecule has 0 aliphatic carbocycles. The molecule has 0 aliphatic heterocycles. The van der Waals surface area contributed by atoms with Crippen LogP contribution in [0.25, 0.3) is 0 Å². The van der Waals surface area contributed by atoms with Gasteiger partial charge in [0.15, 0.2) is 0 Å². The van der Waals surface area contributed by atoms with Crippen molar-refractivity contribution in [3.8, 4) is 0 Å². The number of nitrogens with one attached hydrogen (secondary N) is 2. The van der Waals surface area contributed by atoms with Crippen molar-refractivity contribution in [1.29, 1.82) is 0 Å². The zero-order valence-electron chi connectivity index (χ0n) is 11.7. The van der Waals surface area contributed by atoms with E-state index in [1.807, 2.05) is 0 Å². The van der Waals surface area contributed by atoms with Gasteiger partial charge in [-0.2, -0.15) is 0 Å². The van der Waals surface area contributed by atoms with Crippen LogP contribution in [0.15, 0.2) is 28.7 Å². The van der Waals surface area contributed by atoms with Crippen LogP contribution in [0.4, 0.5) is 10.4 Å². The molecule has 0 bridgehead atoms. The second-order valence-electron chi connectivity index (χ2n) is 5.01. The van der Waals surface area contributed by atoms with E-state index in [4.69, 9.17) is 4.42 Å². The molecule has 0 saturated heterocycles. The van der Waals surface area contributed by atoms with E-state index >= 15 is 0 Å². The Balaban J connectivity index is 1.79. The van der Waals surface area contributed by atoms with Crippen molar-refractivity contribution in [3.05, 3.63) is 41.5 Å². The molecule has 0 atom stereocenters. The van der Waals surface area contributed by atoms with Gasteiger partial charge in [-0.25, -0.2) is 4.39 Å². The van der Waals surface area contributed by atoms with Gasteiger partial charge in [-0.15, -0.1) is 5.10 Å². The molecule has 5 nitrogen and oxygen atoms in total. The lowest BCUT2D eigenvalue weighted by molar-refractivity contribution is 0.458. The third-order valence-electron chi connectivity index (χ3n) is 2.65. The maximum Gasteiger partial charge on any atom is 0.315 e. The van der Waals surface area contributed by atoms with Gasteiger partial charge in [-0.1, -0.05) is 31.1 Å². The van der Waals surface area contributed by atoms with Crippen LogP contribution >= 0.6 is 0 Å². The minimum atomic E-state index is -0.245. The fourth-order valence-corrected chi connectivity index (χ4v) is 1.64. The van der Waals surface area contributed by atoms with Crippen LogP contribution in [-0.4, -0.2) is 16.7 Å². The molecule has 0 amide bonds. The average Bonchev–Trinajstić information content (AvgIpc) is 2.86. The standard InChI is InChI=1S/C14H19FN4O/c1-10(2)7-16-9-13-18-19-14(20-13)17-8-11-3-5-12(15)6-4-11/h3-6,10,16H,7-9H2,1-2H3,(H,17,19). The number of anilines is 1. The molecule has 2 rings (SSSR count). The third-order valence-corrected chi connectivity index (χ3v) is 2.65. The van der Waals surface area contributed by atoms with Crippen LogP contribution in [0.3, 0.4) is 0 Å². The summed E-state index contributed by atoms with van der Waals surface area (Å²) in [5.74, 6) is 0.881. The quantitative estimate of drug-likeness (QED) is 0.815. The van der Waals surface area contributed by atoms with E-state index in [9.17, 15) is 4.39 Å². The summed E-state index contributed by atoms with van der Waals surface area (Å²) in [6, 6.07) is 6.64. The number of benzene rings is 1. The lowest BCUT2D eigenvalue weighted by Gasteiger charge is -2.04. The Kier molecular flexibility index (Phi) is 5.06. The monoisotopic (exact) mass is 278 g/mol. The summed E-state index contributed by atoms with van der Waals surface area (Å²) in [6.45, 7) is 6.25. The molecule has 1 aromatic heterocycles. The molecule has 1 aromatic carbocycles. The Morgan fingerprint density at radius 2 is 1.90 bits per heavy atom. The van der Waals surface area contributed by atoms with Crippen LogP contribution in [0, 0.1) is 11.7 Å². The number of hydrogen-bond acceptors (Lipinski definition) is 5. The summed E-state index contributed by atoms with van der Waals surface area (Å²) in [5.41, 5.74) is 0.948. The highest BCUT2D eigenvalue weighted by Gasteiger charge is 2.05. The van der Waals surface area contributed by atoms with E-state index in [-0.39, 0.29) is 5.82 Å². The van der Waals surface area contributed by atoms with Gasteiger partial charge in [0.2, 0.25) is 5.89 Å². The van der Waals surface area contributed by atoms with Gasteiger partial charge in [0, 0.05) is 6.54 Å². The van der Waals surface area contributed by atoms with Crippen LogP contribution in [0.5, 0.6) is 0 Å². The maximum absolute atomic E-state index is 12.8. The molecule has 20 heavy (non-hydrogen) atoms. The first-order valence-electron chi connectivity index (χ1n) is 6.65. The molecule has 0 spiro atoms. The highest BCUT2D eigenvalue weighted by atomic mass is 19.1. The SMILES string of the molecule is CC(C)CNCc1nnc(NCc2ccc(F)cc2)o1. The molecule has 2 aromatic rings. The molecule has 6 heteroatoms. The highest BCUT2D eigenvalue weighted by Crippen LogP contribution is 2.09. The fraction of sp³-hybridized carbons (Fsp3) is 0.429. The van der Waals surface area contributed by atoms with Crippen molar-refractivity contribution >= 4 is 6.01 Å². The summed E-state index contributed by atoms with van der Waals surface area (Å²) < 4.78 is 18.2. The molecule has 0 aliphatic rings. The average molecular weight is 278 g/mol. The van der Waals surface area contributed by atoms with Gasteiger partial charge >= 0.3 is 6.01 Å². The first-order valence-corrected chi connectivity index (χ1v) is 6.65. The topological polar surface area (TPSA) is 63.0 Å². The van der Waals surface area contributed by atoms with E-state index in [1.54, 1.807) is 12.1 Å². The Labute approximate surface area is 117 Å². The molecule has 0 saturated carbocycles. The second kappa shape index (κ2) is 7.00. The van der Waals surface area contributed by atoms with Crippen LogP contribution in [0.2, 0.25) is 0 Å². The predicted octanol–water partition coefficient (Wildman–Crippen LogP) is 2.57. The smallest absolute Gasteiger partial charge is 0.315 e. The van der Waals surface area contributed by atoms with Gasteiger partial charge in [0.05, 0.1) is 6.54 Å². The Hall–Kier alpha value is -1.95. The minimum Gasteiger partial charge on any atom is -0.407 e. The number of rotatable bonds is 7. The first kappa shape index (κ1) is 14.5. The van der Waals surface area contributed by atoms with E-state index in [0.29, 0.717) is 30.9 Å². The predicted molar refractivity (Wildman–Crippen MR) is 74.6 cm³/mol. The van der Waals surface area contributed by atoms with Gasteiger partial charge in [-0.05, 0) is 30.2 Å². The summed E-state index contributed by atoms with van der Waals surface area (Å²) in [4.78, 5) is 0. The number of aromatic nitrogens is 2. The first-order chi connectivity index (χ1) is 9.63. The van der Waals surface area contributed by atoms with Crippen molar-refractivity contribution in [1.82, 2.24) is 15.5 Å². The molecule has 108 valence electrons. The lowest BCUT2D eigenvalue weighted by Crippen LogP contribution is -2.19. The molecular formula is C14H19FN4O. The van der Waals surface area contributed by atoms with Crippen molar-refractivity contribution in [2.75, 3.05) is 11.9 Å². The van der Waals surface area contributed by atoms with Crippen molar-refractivity contribution in [2.24, 2.45) is 5.92 Å². The molecular weight excluding hydrogens is 259 g/mol. The van der Waals surface area contributed by atoms with Crippen molar-refractivity contribution in [2.45, 2.75) is 26.9 Å². The van der Waals surface area contributed by atoms with Gasteiger partial charge in [0.1, 0.15) is 5.82 Å². The number of nitrogens with zero attached hydrogens (tertiary/aromatic N) is 2. The maximum atomic E-state index is 12.8. The normalized spacial score (nSPS) is 11.0. The molecule has 0 radical (unpaired) electrons. The number of halogens is 1. The fourth-order valence-electron chi connectivity index (χ4n) is 1.64. The Morgan fingerprint density at radius 1 is 1.15 bits per heavy atom. The van der Waals surface area contributed by atoms with Gasteiger partial charge in [0.25, 0.3) is 0 Å². The second-order valence-corrected chi connectivity index (χ2v) is 5.01. The van der Waals surface area contributed by atoms with Gasteiger partial charge < -0.3 is 15.1 Å².